The van der Waals surface area contributed by atoms with E-state index >= 15 is 0 Å². The smallest absolute Gasteiger partial charge is 0.269 e. The van der Waals surface area contributed by atoms with Gasteiger partial charge in [-0.1, -0.05) is 23.4 Å². The van der Waals surface area contributed by atoms with E-state index in [-0.39, 0.29) is 29.8 Å². The molecule has 6 nitrogen and oxygen atoms in total. The van der Waals surface area contributed by atoms with Crippen LogP contribution in [0, 0.1) is 11.7 Å². The Morgan fingerprint density at radius 2 is 1.93 bits per heavy atom. The number of oxime groups is 1. The molecule has 1 unspecified atom stereocenters. The second-order valence-electron chi connectivity index (χ2n) is 7.69. The van der Waals surface area contributed by atoms with Crippen LogP contribution in [0.1, 0.15) is 42.1 Å². The summed E-state index contributed by atoms with van der Waals surface area (Å²) >= 11 is 0. The third-order valence-electron chi connectivity index (χ3n) is 5.60. The summed E-state index contributed by atoms with van der Waals surface area (Å²) < 4.78 is 14.0. The maximum atomic E-state index is 14.0. The molecule has 0 aliphatic carbocycles. The van der Waals surface area contributed by atoms with Crippen LogP contribution in [0.3, 0.4) is 0 Å². The third kappa shape index (κ3) is 3.77. The van der Waals surface area contributed by atoms with E-state index in [2.05, 4.69) is 10.1 Å². The molecule has 0 radical (unpaired) electrons. The monoisotopic (exact) mass is 395 g/mol. The lowest BCUT2D eigenvalue weighted by atomic mass is 9.88. The summed E-state index contributed by atoms with van der Waals surface area (Å²) in [7, 11) is 0. The molecule has 3 heterocycles. The molecule has 0 bridgehead atoms. The van der Waals surface area contributed by atoms with Crippen LogP contribution in [0.25, 0.3) is 0 Å². The predicted molar refractivity (Wildman–Crippen MR) is 105 cm³/mol. The van der Waals surface area contributed by atoms with Gasteiger partial charge < -0.3 is 9.74 Å². The molecule has 0 N–H and O–H groups in total. The van der Waals surface area contributed by atoms with Crippen LogP contribution < -0.4 is 0 Å². The molecular weight excluding hydrogens is 373 g/mol. The van der Waals surface area contributed by atoms with E-state index in [0.29, 0.717) is 42.8 Å². The zero-order valence-electron chi connectivity index (χ0n) is 16.2. The first-order valence-corrected chi connectivity index (χ1v) is 9.71. The number of carbonyl (C=O) groups is 2. The van der Waals surface area contributed by atoms with Gasteiger partial charge in [0, 0.05) is 48.9 Å². The molecule has 29 heavy (non-hydrogen) atoms. The predicted octanol–water partition coefficient (Wildman–Crippen LogP) is 3.23. The van der Waals surface area contributed by atoms with Crippen LogP contribution in [0.15, 0.2) is 53.9 Å². The third-order valence-corrected chi connectivity index (χ3v) is 5.60. The number of hydrogen-bond donors (Lipinski definition) is 0. The number of halogens is 1. The van der Waals surface area contributed by atoms with E-state index in [1.807, 2.05) is 0 Å². The van der Waals surface area contributed by atoms with Crippen LogP contribution in [0.2, 0.25) is 0 Å². The van der Waals surface area contributed by atoms with Crippen molar-refractivity contribution in [3.63, 3.8) is 0 Å². The summed E-state index contributed by atoms with van der Waals surface area (Å²) in [5, 5.41) is 3.99. The number of rotatable bonds is 4. The second-order valence-corrected chi connectivity index (χ2v) is 7.69. The Morgan fingerprint density at radius 1 is 1.17 bits per heavy atom. The fraction of sp³-hybridized carbons (Fsp3) is 0.364. The van der Waals surface area contributed by atoms with Crippen LogP contribution in [0.5, 0.6) is 0 Å². The number of Topliss-reactive ketones (excluding diaryl/α,β-unsaturated/α-hetero) is 1. The lowest BCUT2D eigenvalue weighted by molar-refractivity contribution is -0.154. The molecule has 0 spiro atoms. The van der Waals surface area contributed by atoms with Crippen molar-refractivity contribution in [3.05, 3.63) is 65.7 Å². The van der Waals surface area contributed by atoms with Gasteiger partial charge in [-0.3, -0.25) is 14.6 Å². The Hall–Kier alpha value is -3.09. The molecule has 1 saturated heterocycles. The van der Waals surface area contributed by atoms with Gasteiger partial charge in [0.05, 0.1) is 5.71 Å². The van der Waals surface area contributed by atoms with Crippen molar-refractivity contribution in [2.24, 2.45) is 11.1 Å². The topological polar surface area (TPSA) is 71.9 Å². The number of likely N-dealkylation sites (tertiary alicyclic amines) is 1. The minimum atomic E-state index is -1.15. The Kier molecular flexibility index (Phi) is 5.13. The van der Waals surface area contributed by atoms with Gasteiger partial charge in [-0.25, -0.2) is 4.39 Å². The van der Waals surface area contributed by atoms with Crippen molar-refractivity contribution >= 4 is 17.4 Å². The van der Waals surface area contributed by atoms with Crippen LogP contribution >= 0.6 is 0 Å². The maximum Gasteiger partial charge on any atom is 0.269 e. The summed E-state index contributed by atoms with van der Waals surface area (Å²) in [6, 6.07) is 9.83. The molecular formula is C22H22FN3O3. The fourth-order valence-corrected chi connectivity index (χ4v) is 3.92. The first-order chi connectivity index (χ1) is 14.0. The average Bonchev–Trinajstić information content (AvgIpc) is 3.17. The minimum absolute atomic E-state index is 0.0682. The van der Waals surface area contributed by atoms with Gasteiger partial charge in [0.1, 0.15) is 5.82 Å². The van der Waals surface area contributed by atoms with Crippen molar-refractivity contribution < 1.29 is 18.8 Å². The quantitative estimate of drug-likeness (QED) is 0.745. The molecule has 1 atom stereocenters. The number of benzene rings is 1. The Labute approximate surface area is 168 Å². The Bertz CT molecular complexity index is 955. The van der Waals surface area contributed by atoms with Crippen LogP contribution in [0.4, 0.5) is 4.39 Å². The van der Waals surface area contributed by atoms with Crippen molar-refractivity contribution in [2.45, 2.75) is 31.8 Å². The second kappa shape index (κ2) is 7.73. The minimum Gasteiger partial charge on any atom is -0.379 e. The number of ketones is 1. The zero-order valence-corrected chi connectivity index (χ0v) is 16.2. The summed E-state index contributed by atoms with van der Waals surface area (Å²) in [6.07, 6.45) is 4.61. The lowest BCUT2D eigenvalue weighted by Crippen LogP contribution is -2.50. The number of nitrogens with zero attached hydrogens (tertiary/aromatic N) is 3. The molecule has 2 aliphatic heterocycles. The largest absolute Gasteiger partial charge is 0.379 e. The molecule has 2 aromatic rings. The SMILES string of the molecule is CC1(C(=O)N2CCC(C(=O)c3cccnc3)CC2)CC(c2ccccc2F)=NO1. The number of piperidine rings is 1. The summed E-state index contributed by atoms with van der Waals surface area (Å²) in [6.45, 7) is 2.63. The van der Waals surface area contributed by atoms with Crippen LogP contribution in [-0.2, 0) is 9.63 Å². The summed E-state index contributed by atoms with van der Waals surface area (Å²) in [4.78, 5) is 36.9. The highest BCUT2D eigenvalue weighted by atomic mass is 19.1. The van der Waals surface area contributed by atoms with Crippen LogP contribution in [-0.4, -0.2) is 46.0 Å². The first-order valence-electron chi connectivity index (χ1n) is 9.71. The van der Waals surface area contributed by atoms with Crippen molar-refractivity contribution in [3.8, 4) is 0 Å². The molecule has 1 amide bonds. The highest BCUT2D eigenvalue weighted by Crippen LogP contribution is 2.31. The molecule has 0 saturated carbocycles. The molecule has 7 heteroatoms. The average molecular weight is 395 g/mol. The number of pyridine rings is 1. The number of hydrogen-bond acceptors (Lipinski definition) is 5. The van der Waals surface area contributed by atoms with E-state index in [0.717, 1.165) is 0 Å². The van der Waals surface area contributed by atoms with Gasteiger partial charge in [-0.15, -0.1) is 0 Å². The molecule has 150 valence electrons. The van der Waals surface area contributed by atoms with E-state index in [1.54, 1.807) is 54.5 Å². The number of amides is 1. The molecule has 2 aliphatic rings. The highest BCUT2D eigenvalue weighted by Gasteiger charge is 2.46. The van der Waals surface area contributed by atoms with E-state index in [1.165, 1.54) is 6.07 Å². The number of aromatic nitrogens is 1. The zero-order chi connectivity index (χ0) is 20.4. The van der Waals surface area contributed by atoms with Crippen molar-refractivity contribution in [1.29, 1.82) is 0 Å². The number of carbonyl (C=O) groups excluding carboxylic acids is 2. The summed E-state index contributed by atoms with van der Waals surface area (Å²) in [5.74, 6) is -0.620. The molecule has 1 aromatic heterocycles. The van der Waals surface area contributed by atoms with E-state index in [4.69, 9.17) is 4.84 Å². The Morgan fingerprint density at radius 3 is 2.62 bits per heavy atom. The molecule has 1 fully saturated rings. The first kappa shape index (κ1) is 19.2. The van der Waals surface area contributed by atoms with E-state index < -0.39 is 5.60 Å². The fourth-order valence-electron chi connectivity index (χ4n) is 3.92. The van der Waals surface area contributed by atoms with Gasteiger partial charge in [0.2, 0.25) is 5.60 Å². The van der Waals surface area contributed by atoms with Crippen molar-refractivity contribution in [1.82, 2.24) is 9.88 Å². The van der Waals surface area contributed by atoms with Gasteiger partial charge >= 0.3 is 0 Å². The normalized spacial score (nSPS) is 22.1. The molecule has 1 aromatic carbocycles. The lowest BCUT2D eigenvalue weighted by Gasteiger charge is -2.35. The van der Waals surface area contributed by atoms with Gasteiger partial charge in [-0.2, -0.15) is 0 Å². The van der Waals surface area contributed by atoms with E-state index in [9.17, 15) is 14.0 Å². The summed E-state index contributed by atoms with van der Waals surface area (Å²) in [5.41, 5.74) is 0.231. The Balaban J connectivity index is 1.38. The van der Waals surface area contributed by atoms with Gasteiger partial charge in [0.25, 0.3) is 5.91 Å². The maximum absolute atomic E-state index is 14.0. The standard InChI is InChI=1S/C22H22FN3O3/c1-22(13-19(25-29-22)17-6-2-3-7-18(17)23)21(28)26-11-8-15(9-12-26)20(27)16-5-4-10-24-14-16/h2-7,10,14-15H,8-9,11-13H2,1H3. The van der Waals surface area contributed by atoms with Gasteiger partial charge in [-0.05, 0) is 38.0 Å². The molecule has 4 rings (SSSR count). The van der Waals surface area contributed by atoms with Gasteiger partial charge in [0.15, 0.2) is 5.78 Å². The highest BCUT2D eigenvalue weighted by molar-refractivity contribution is 6.05. The van der Waals surface area contributed by atoms with Crippen molar-refractivity contribution in [2.75, 3.05) is 13.1 Å².